The number of amides is 1. The van der Waals surface area contributed by atoms with Gasteiger partial charge in [0.25, 0.3) is 5.91 Å². The summed E-state index contributed by atoms with van der Waals surface area (Å²) in [5.74, 6) is 1.08. The molecule has 2 aromatic rings. The summed E-state index contributed by atoms with van der Waals surface area (Å²) in [6.07, 6.45) is 4.53. The summed E-state index contributed by atoms with van der Waals surface area (Å²) in [7, 11) is 0. The Morgan fingerprint density at radius 2 is 2.08 bits per heavy atom. The molecule has 2 N–H and O–H groups in total. The third-order valence-electron chi connectivity index (χ3n) is 5.70. The quantitative estimate of drug-likeness (QED) is 0.930. The van der Waals surface area contributed by atoms with Crippen LogP contribution in [0.3, 0.4) is 0 Å². The van der Waals surface area contributed by atoms with Crippen LogP contribution < -0.4 is 5.73 Å². The van der Waals surface area contributed by atoms with Crippen molar-refractivity contribution in [2.75, 3.05) is 13.1 Å². The number of nitrogens with two attached hydrogens (primary N) is 1. The zero-order valence-electron chi connectivity index (χ0n) is 15.2. The summed E-state index contributed by atoms with van der Waals surface area (Å²) < 4.78 is 0. The van der Waals surface area contributed by atoms with Crippen molar-refractivity contribution in [1.29, 1.82) is 0 Å². The Labute approximate surface area is 149 Å². The fourth-order valence-corrected chi connectivity index (χ4v) is 3.92. The SMILES string of the molecule is Cc1ccc2nc(C3CC3)cc(C(=O)N3CCCC(C(C)N)C3)c2c1. The number of carbonyl (C=O) groups excluding carboxylic acids is 1. The lowest BCUT2D eigenvalue weighted by Crippen LogP contribution is -2.45. The first-order valence-corrected chi connectivity index (χ1v) is 9.49. The van der Waals surface area contributed by atoms with Crippen molar-refractivity contribution in [3.05, 3.63) is 41.1 Å². The van der Waals surface area contributed by atoms with E-state index < -0.39 is 0 Å². The van der Waals surface area contributed by atoms with E-state index in [-0.39, 0.29) is 11.9 Å². The molecular weight excluding hydrogens is 310 g/mol. The molecule has 0 spiro atoms. The number of carbonyl (C=O) groups is 1. The maximum absolute atomic E-state index is 13.3. The van der Waals surface area contributed by atoms with E-state index in [1.165, 1.54) is 12.8 Å². The van der Waals surface area contributed by atoms with Gasteiger partial charge in [0, 0.05) is 36.1 Å². The third kappa shape index (κ3) is 3.28. The number of aryl methyl sites for hydroxylation is 1. The molecule has 2 unspecified atom stereocenters. The molecular formula is C21H27N3O. The summed E-state index contributed by atoms with van der Waals surface area (Å²) in [5.41, 5.74) is 10.1. The second kappa shape index (κ2) is 6.41. The summed E-state index contributed by atoms with van der Waals surface area (Å²) in [6, 6.07) is 8.41. The first-order chi connectivity index (χ1) is 12.0. The molecule has 2 fully saturated rings. The second-order valence-corrected chi connectivity index (χ2v) is 7.90. The van der Waals surface area contributed by atoms with Crippen LogP contribution in [-0.4, -0.2) is 34.9 Å². The van der Waals surface area contributed by atoms with Crippen LogP contribution in [0.2, 0.25) is 0 Å². The number of rotatable bonds is 3. The van der Waals surface area contributed by atoms with Crippen molar-refractivity contribution in [3.8, 4) is 0 Å². The molecule has 2 atom stereocenters. The number of aromatic nitrogens is 1. The van der Waals surface area contributed by atoms with E-state index in [4.69, 9.17) is 10.7 Å². The predicted molar refractivity (Wildman–Crippen MR) is 101 cm³/mol. The fraction of sp³-hybridized carbons (Fsp3) is 0.524. The molecule has 2 aliphatic rings. The van der Waals surface area contributed by atoms with Gasteiger partial charge in [0.05, 0.1) is 11.1 Å². The first kappa shape index (κ1) is 16.5. The molecule has 4 rings (SSSR count). The van der Waals surface area contributed by atoms with Crippen molar-refractivity contribution in [2.45, 2.75) is 51.5 Å². The highest BCUT2D eigenvalue weighted by Crippen LogP contribution is 2.40. The van der Waals surface area contributed by atoms with E-state index in [0.29, 0.717) is 11.8 Å². The standard InChI is InChI=1S/C21H27N3O/c1-13-5-8-19-17(10-13)18(11-20(23-19)15-6-7-15)21(25)24-9-3-4-16(12-24)14(2)22/h5,8,10-11,14-16H,3-4,6-7,9,12,22H2,1-2H3. The molecule has 1 aliphatic heterocycles. The van der Waals surface area contributed by atoms with E-state index in [2.05, 4.69) is 32.0 Å². The number of pyridine rings is 1. The normalized spacial score (nSPS) is 22.2. The van der Waals surface area contributed by atoms with Gasteiger partial charge >= 0.3 is 0 Å². The van der Waals surface area contributed by atoms with Crippen molar-refractivity contribution in [2.24, 2.45) is 11.7 Å². The van der Waals surface area contributed by atoms with Crippen molar-refractivity contribution >= 4 is 16.8 Å². The molecule has 1 aliphatic carbocycles. The highest BCUT2D eigenvalue weighted by molar-refractivity contribution is 6.06. The third-order valence-corrected chi connectivity index (χ3v) is 5.70. The number of fused-ring (bicyclic) bond motifs is 1. The van der Waals surface area contributed by atoms with Crippen LogP contribution in [0.15, 0.2) is 24.3 Å². The van der Waals surface area contributed by atoms with Gasteiger partial charge in [-0.25, -0.2) is 0 Å². The molecule has 1 saturated carbocycles. The summed E-state index contributed by atoms with van der Waals surface area (Å²) in [4.78, 5) is 20.2. The monoisotopic (exact) mass is 337 g/mol. The summed E-state index contributed by atoms with van der Waals surface area (Å²) in [5, 5.41) is 0.984. The van der Waals surface area contributed by atoms with E-state index in [9.17, 15) is 4.79 Å². The lowest BCUT2D eigenvalue weighted by atomic mass is 9.91. The predicted octanol–water partition coefficient (Wildman–Crippen LogP) is 3.62. The van der Waals surface area contributed by atoms with E-state index >= 15 is 0 Å². The van der Waals surface area contributed by atoms with Gasteiger partial charge in [0.15, 0.2) is 0 Å². The number of hydrogen-bond acceptors (Lipinski definition) is 3. The Morgan fingerprint density at radius 3 is 2.80 bits per heavy atom. The second-order valence-electron chi connectivity index (χ2n) is 7.90. The van der Waals surface area contributed by atoms with Crippen LogP contribution in [0.5, 0.6) is 0 Å². The molecule has 4 heteroatoms. The summed E-state index contributed by atoms with van der Waals surface area (Å²) in [6.45, 7) is 5.71. The zero-order valence-corrected chi connectivity index (χ0v) is 15.2. The summed E-state index contributed by atoms with van der Waals surface area (Å²) >= 11 is 0. The Balaban J connectivity index is 1.73. The number of hydrogen-bond donors (Lipinski definition) is 1. The smallest absolute Gasteiger partial charge is 0.254 e. The highest BCUT2D eigenvalue weighted by Gasteiger charge is 2.30. The van der Waals surface area contributed by atoms with Gasteiger partial charge < -0.3 is 10.6 Å². The number of benzene rings is 1. The maximum Gasteiger partial charge on any atom is 0.254 e. The molecule has 1 saturated heterocycles. The Morgan fingerprint density at radius 1 is 1.28 bits per heavy atom. The van der Waals surface area contributed by atoms with Gasteiger partial charge in [-0.3, -0.25) is 9.78 Å². The van der Waals surface area contributed by atoms with Gasteiger partial charge in [0.1, 0.15) is 0 Å². The van der Waals surface area contributed by atoms with Gasteiger partial charge in [-0.15, -0.1) is 0 Å². The maximum atomic E-state index is 13.3. The van der Waals surface area contributed by atoms with E-state index in [1.807, 2.05) is 11.0 Å². The highest BCUT2D eigenvalue weighted by atomic mass is 16.2. The minimum atomic E-state index is 0.133. The van der Waals surface area contributed by atoms with Crippen molar-refractivity contribution in [1.82, 2.24) is 9.88 Å². The molecule has 0 radical (unpaired) electrons. The van der Waals surface area contributed by atoms with Crippen LogP contribution in [0.25, 0.3) is 10.9 Å². The lowest BCUT2D eigenvalue weighted by molar-refractivity contribution is 0.0663. The van der Waals surface area contributed by atoms with Crippen LogP contribution in [0.4, 0.5) is 0 Å². The number of likely N-dealkylation sites (tertiary alicyclic amines) is 1. The lowest BCUT2D eigenvalue weighted by Gasteiger charge is -2.35. The average Bonchev–Trinajstić information content (AvgIpc) is 3.45. The van der Waals surface area contributed by atoms with Gasteiger partial charge in [-0.2, -0.15) is 0 Å². The molecule has 132 valence electrons. The van der Waals surface area contributed by atoms with Crippen molar-refractivity contribution in [3.63, 3.8) is 0 Å². The molecule has 0 bridgehead atoms. The van der Waals surface area contributed by atoms with Crippen molar-refractivity contribution < 1.29 is 4.79 Å². The Bertz CT molecular complexity index is 810. The number of piperidine rings is 1. The molecule has 1 aromatic heterocycles. The number of nitrogens with zero attached hydrogens (tertiary/aromatic N) is 2. The Kier molecular flexibility index (Phi) is 4.24. The molecule has 4 nitrogen and oxygen atoms in total. The zero-order chi connectivity index (χ0) is 17.6. The largest absolute Gasteiger partial charge is 0.338 e. The molecule has 25 heavy (non-hydrogen) atoms. The minimum Gasteiger partial charge on any atom is -0.338 e. The van der Waals surface area contributed by atoms with Crippen LogP contribution in [0, 0.1) is 12.8 Å². The molecule has 1 aromatic carbocycles. The Hall–Kier alpha value is -1.94. The topological polar surface area (TPSA) is 59.2 Å². The molecule has 1 amide bonds. The minimum absolute atomic E-state index is 0.133. The van der Waals surface area contributed by atoms with Crippen LogP contribution in [-0.2, 0) is 0 Å². The van der Waals surface area contributed by atoms with Crippen LogP contribution in [0.1, 0.15) is 60.1 Å². The van der Waals surface area contributed by atoms with E-state index in [0.717, 1.165) is 53.7 Å². The average molecular weight is 337 g/mol. The fourth-order valence-electron chi connectivity index (χ4n) is 3.92. The van der Waals surface area contributed by atoms with Gasteiger partial charge in [0.2, 0.25) is 0 Å². The first-order valence-electron chi connectivity index (χ1n) is 9.49. The van der Waals surface area contributed by atoms with Gasteiger partial charge in [-0.1, -0.05) is 11.6 Å². The van der Waals surface area contributed by atoms with Crippen LogP contribution >= 0.6 is 0 Å². The van der Waals surface area contributed by atoms with E-state index in [1.54, 1.807) is 0 Å². The van der Waals surface area contributed by atoms with Gasteiger partial charge in [-0.05, 0) is 63.6 Å². The molecule has 2 heterocycles.